The number of benzene rings is 1. The summed E-state index contributed by atoms with van der Waals surface area (Å²) in [6, 6.07) is 3.83. The molecule has 1 aromatic carbocycles. The van der Waals surface area contributed by atoms with E-state index in [2.05, 4.69) is 10.3 Å². The number of phenols is 1. The zero-order valence-electron chi connectivity index (χ0n) is 25.1. The van der Waals surface area contributed by atoms with Crippen molar-refractivity contribution < 1.29 is 39.6 Å². The predicted octanol–water partition coefficient (Wildman–Crippen LogP) is 1.59. The van der Waals surface area contributed by atoms with Crippen molar-refractivity contribution in [1.29, 1.82) is 0 Å². The number of aliphatic hydroxyl groups is 3. The standard InChI is InChI=1S/C32H36N4O8/c1-31(2,3)19-11-16(13-35-30(43)14-7-6-8-34-12-14)17-9-15-10-18-23(36(4)5)26(39)22(29(33)42)28(41)32(18,44)27(40)20(15)25(38)21(17)24(19)37/h6-8,11-12,15,18,23,37-38,41,44H,9-10,13H2,1-5H3,(H2,33,42)(H,35,43). The molecular weight excluding hydrogens is 568 g/mol. The van der Waals surface area contributed by atoms with Crippen LogP contribution in [0.5, 0.6) is 5.75 Å². The molecule has 1 saturated carbocycles. The van der Waals surface area contributed by atoms with E-state index >= 15 is 0 Å². The molecular formula is C32H36N4O8. The van der Waals surface area contributed by atoms with Gasteiger partial charge in [-0.25, -0.2) is 0 Å². The average Bonchev–Trinajstić information content (AvgIpc) is 2.93. The fourth-order valence-electron chi connectivity index (χ4n) is 6.89. The summed E-state index contributed by atoms with van der Waals surface area (Å²) >= 11 is 0. The second kappa shape index (κ2) is 10.6. The number of aliphatic hydroxyl groups excluding tert-OH is 2. The van der Waals surface area contributed by atoms with Gasteiger partial charge in [0.05, 0.1) is 17.2 Å². The quantitative estimate of drug-likeness (QED) is 0.272. The number of hydrogen-bond acceptors (Lipinski definition) is 10. The van der Waals surface area contributed by atoms with Crippen LogP contribution in [0.2, 0.25) is 0 Å². The number of rotatable bonds is 5. The van der Waals surface area contributed by atoms with Crippen molar-refractivity contribution in [2.45, 2.75) is 57.2 Å². The Morgan fingerprint density at radius 1 is 1.18 bits per heavy atom. The topological polar surface area (TPSA) is 203 Å². The maximum absolute atomic E-state index is 14.2. The molecule has 0 saturated heterocycles. The molecule has 1 heterocycles. The number of fused-ring (bicyclic) bond motifs is 3. The van der Waals surface area contributed by atoms with Gasteiger partial charge in [-0.3, -0.25) is 29.1 Å². The molecule has 44 heavy (non-hydrogen) atoms. The number of phenolic OH excluding ortho intramolecular Hbond substituents is 1. The first-order valence-electron chi connectivity index (χ1n) is 14.2. The summed E-state index contributed by atoms with van der Waals surface area (Å²) in [5, 5.41) is 48.9. The number of primary amides is 1. The molecule has 5 rings (SSSR count). The molecule has 12 nitrogen and oxygen atoms in total. The zero-order chi connectivity index (χ0) is 32.5. The number of Topliss-reactive ketones (excluding diaryl/α,β-unsaturated/α-hetero) is 2. The van der Waals surface area contributed by atoms with E-state index in [1.165, 1.54) is 11.1 Å². The van der Waals surface area contributed by atoms with Gasteiger partial charge in [-0.15, -0.1) is 0 Å². The summed E-state index contributed by atoms with van der Waals surface area (Å²) in [7, 11) is 3.09. The van der Waals surface area contributed by atoms with E-state index in [1.54, 1.807) is 38.5 Å². The van der Waals surface area contributed by atoms with Gasteiger partial charge >= 0.3 is 0 Å². The lowest BCUT2D eigenvalue weighted by atomic mass is 9.57. The van der Waals surface area contributed by atoms with Crippen LogP contribution in [-0.2, 0) is 32.8 Å². The molecule has 0 radical (unpaired) electrons. The number of likely N-dealkylation sites (N-methyl/N-ethyl adjacent to an activating group) is 1. The van der Waals surface area contributed by atoms with Crippen molar-refractivity contribution in [3.8, 4) is 5.75 Å². The molecule has 1 fully saturated rings. The number of ketones is 2. The van der Waals surface area contributed by atoms with Crippen molar-refractivity contribution in [3.63, 3.8) is 0 Å². The highest BCUT2D eigenvalue weighted by atomic mass is 16.3. The van der Waals surface area contributed by atoms with Crippen LogP contribution in [0.1, 0.15) is 59.8 Å². The fourth-order valence-corrected chi connectivity index (χ4v) is 6.89. The highest BCUT2D eigenvalue weighted by Crippen LogP contribution is 2.54. The van der Waals surface area contributed by atoms with Gasteiger partial charge in [-0.05, 0) is 67.6 Å². The van der Waals surface area contributed by atoms with E-state index in [-0.39, 0.29) is 42.2 Å². The van der Waals surface area contributed by atoms with Crippen LogP contribution in [-0.4, -0.2) is 79.4 Å². The monoisotopic (exact) mass is 604 g/mol. The Labute approximate surface area is 253 Å². The van der Waals surface area contributed by atoms with Crippen LogP contribution in [0.3, 0.4) is 0 Å². The maximum atomic E-state index is 14.2. The molecule has 4 atom stereocenters. The van der Waals surface area contributed by atoms with Crippen LogP contribution >= 0.6 is 0 Å². The second-order valence-corrected chi connectivity index (χ2v) is 12.9. The van der Waals surface area contributed by atoms with E-state index in [9.17, 15) is 39.6 Å². The number of carbonyl (C=O) groups excluding carboxylic acids is 4. The first-order valence-corrected chi connectivity index (χ1v) is 14.2. The van der Waals surface area contributed by atoms with Gasteiger partial charge in [-0.1, -0.05) is 20.8 Å². The number of nitrogens with one attached hydrogen (secondary N) is 1. The summed E-state index contributed by atoms with van der Waals surface area (Å²) in [5.74, 6) is -7.46. The number of pyridine rings is 1. The molecule has 12 heteroatoms. The van der Waals surface area contributed by atoms with Crippen molar-refractivity contribution >= 4 is 29.1 Å². The van der Waals surface area contributed by atoms with Crippen LogP contribution in [0, 0.1) is 11.8 Å². The number of carbonyl (C=O) groups is 4. The normalized spacial score (nSPS) is 25.0. The van der Waals surface area contributed by atoms with E-state index < -0.39 is 63.5 Å². The van der Waals surface area contributed by atoms with Crippen LogP contribution < -0.4 is 11.1 Å². The molecule has 3 aliphatic rings. The highest BCUT2D eigenvalue weighted by molar-refractivity contribution is 6.24. The number of nitrogens with zero attached hydrogens (tertiary/aromatic N) is 2. The number of nitrogens with two attached hydrogens (primary N) is 1. The van der Waals surface area contributed by atoms with Gasteiger partial charge in [0.2, 0.25) is 5.78 Å². The van der Waals surface area contributed by atoms with Gasteiger partial charge in [0.1, 0.15) is 22.8 Å². The number of aromatic nitrogens is 1. The molecule has 3 aliphatic carbocycles. The molecule has 0 bridgehead atoms. The van der Waals surface area contributed by atoms with Crippen molar-refractivity contribution in [1.82, 2.24) is 15.2 Å². The smallest absolute Gasteiger partial charge is 0.255 e. The van der Waals surface area contributed by atoms with Gasteiger partial charge in [0.15, 0.2) is 11.4 Å². The van der Waals surface area contributed by atoms with Gasteiger partial charge in [-0.2, -0.15) is 0 Å². The first kappa shape index (κ1) is 30.9. The minimum Gasteiger partial charge on any atom is -0.508 e. The summed E-state index contributed by atoms with van der Waals surface area (Å²) < 4.78 is 0. The molecule has 4 unspecified atom stereocenters. The van der Waals surface area contributed by atoms with E-state index in [0.29, 0.717) is 22.3 Å². The van der Waals surface area contributed by atoms with Crippen LogP contribution in [0.25, 0.3) is 5.76 Å². The first-order chi connectivity index (χ1) is 20.5. The molecule has 2 aromatic rings. The van der Waals surface area contributed by atoms with Crippen LogP contribution in [0.15, 0.2) is 47.5 Å². The summed E-state index contributed by atoms with van der Waals surface area (Å²) in [5.41, 5.74) is 2.82. The summed E-state index contributed by atoms with van der Waals surface area (Å²) in [6.45, 7) is 5.60. The lowest BCUT2D eigenvalue weighted by Gasteiger charge is -2.50. The van der Waals surface area contributed by atoms with E-state index in [4.69, 9.17) is 5.73 Å². The third kappa shape index (κ3) is 4.56. The Morgan fingerprint density at radius 2 is 1.86 bits per heavy atom. The van der Waals surface area contributed by atoms with Crippen molar-refractivity contribution in [2.24, 2.45) is 17.6 Å². The third-order valence-corrected chi connectivity index (χ3v) is 8.98. The van der Waals surface area contributed by atoms with Crippen molar-refractivity contribution in [3.05, 3.63) is 75.3 Å². The average molecular weight is 605 g/mol. The SMILES string of the molecule is CN(C)C1C(=O)C(C(N)=O)=C(O)C2(O)C(=O)C3=C(O)c4c(O)c(C(C)(C)C)cc(CNC(=O)c5cccnc5)c4CC3CC12. The lowest BCUT2D eigenvalue weighted by Crippen LogP contribution is -2.65. The molecule has 0 aliphatic heterocycles. The summed E-state index contributed by atoms with van der Waals surface area (Å²) in [6.07, 6.45) is 3.06. The molecule has 232 valence electrons. The van der Waals surface area contributed by atoms with E-state index in [1.807, 2.05) is 20.8 Å². The maximum Gasteiger partial charge on any atom is 0.255 e. The second-order valence-electron chi connectivity index (χ2n) is 12.9. The minimum atomic E-state index is -2.72. The Morgan fingerprint density at radius 3 is 2.43 bits per heavy atom. The minimum absolute atomic E-state index is 0.0145. The molecule has 2 amide bonds. The highest BCUT2D eigenvalue weighted by Gasteiger charge is 2.64. The molecule has 0 spiro atoms. The van der Waals surface area contributed by atoms with Gasteiger partial charge < -0.3 is 31.5 Å². The third-order valence-electron chi connectivity index (χ3n) is 8.98. The summed E-state index contributed by atoms with van der Waals surface area (Å²) in [4.78, 5) is 58.0. The van der Waals surface area contributed by atoms with Gasteiger partial charge in [0.25, 0.3) is 11.8 Å². The number of aromatic hydroxyl groups is 1. The Kier molecular flexibility index (Phi) is 7.42. The molecule has 7 N–H and O–H groups in total. The zero-order valence-corrected chi connectivity index (χ0v) is 25.1. The Hall–Kier alpha value is -4.55. The van der Waals surface area contributed by atoms with Crippen molar-refractivity contribution in [2.75, 3.05) is 14.1 Å². The number of hydrogen-bond donors (Lipinski definition) is 6. The van der Waals surface area contributed by atoms with E-state index in [0.717, 1.165) is 0 Å². The Balaban J connectivity index is 1.68. The molecule has 1 aromatic heterocycles. The van der Waals surface area contributed by atoms with Crippen LogP contribution in [0.4, 0.5) is 0 Å². The fraction of sp³-hybridized carbons (Fsp3) is 0.406. The predicted molar refractivity (Wildman–Crippen MR) is 158 cm³/mol. The largest absolute Gasteiger partial charge is 0.508 e. The number of amides is 2. The lowest BCUT2D eigenvalue weighted by molar-refractivity contribution is -0.153. The van der Waals surface area contributed by atoms with Gasteiger partial charge in [0, 0.05) is 36.0 Å². The Bertz CT molecular complexity index is 1670.